The van der Waals surface area contributed by atoms with E-state index < -0.39 is 0 Å². The first-order valence-electron chi connectivity index (χ1n) is 8.17. The van der Waals surface area contributed by atoms with Crippen molar-refractivity contribution in [2.24, 2.45) is 16.7 Å². The van der Waals surface area contributed by atoms with Gasteiger partial charge in [-0.05, 0) is 29.6 Å². The molecule has 1 aromatic rings. The number of hydrogen-bond acceptors (Lipinski definition) is 4. The molecule has 2 N–H and O–H groups in total. The molecule has 0 saturated heterocycles. The van der Waals surface area contributed by atoms with Crippen molar-refractivity contribution < 1.29 is 0 Å². The van der Waals surface area contributed by atoms with E-state index in [1.807, 2.05) is 0 Å². The zero-order valence-corrected chi connectivity index (χ0v) is 14.4. The van der Waals surface area contributed by atoms with Crippen molar-refractivity contribution in [3.05, 3.63) is 11.9 Å². The molecule has 1 aliphatic carbocycles. The van der Waals surface area contributed by atoms with Gasteiger partial charge in [0.25, 0.3) is 0 Å². The Hall–Kier alpha value is -1.32. The molecule has 2 rings (SSSR count). The van der Waals surface area contributed by atoms with E-state index in [2.05, 4.69) is 62.1 Å². The van der Waals surface area contributed by atoms with Gasteiger partial charge < -0.3 is 10.6 Å². The topological polar surface area (TPSA) is 49.8 Å². The fraction of sp³-hybridized carbons (Fsp3) is 0.765. The first kappa shape index (κ1) is 16.1. The summed E-state index contributed by atoms with van der Waals surface area (Å²) in [6, 6.07) is 0. The highest BCUT2D eigenvalue weighted by Gasteiger charge is 2.64. The molecule has 1 fully saturated rings. The van der Waals surface area contributed by atoms with Crippen molar-refractivity contribution in [2.45, 2.75) is 54.4 Å². The zero-order valence-electron chi connectivity index (χ0n) is 14.4. The number of anilines is 2. The summed E-state index contributed by atoms with van der Waals surface area (Å²) in [6.45, 7) is 15.7. The first-order chi connectivity index (χ1) is 9.86. The van der Waals surface area contributed by atoms with Crippen LogP contribution in [-0.2, 0) is 6.42 Å². The molecule has 0 unspecified atom stereocenters. The van der Waals surface area contributed by atoms with E-state index in [-0.39, 0.29) is 0 Å². The summed E-state index contributed by atoms with van der Waals surface area (Å²) < 4.78 is 0. The molecule has 118 valence electrons. The Balaban J connectivity index is 2.07. The summed E-state index contributed by atoms with van der Waals surface area (Å²) in [7, 11) is 0. The molecule has 0 spiro atoms. The summed E-state index contributed by atoms with van der Waals surface area (Å²) in [6.07, 6.45) is 3.69. The fourth-order valence-electron chi connectivity index (χ4n) is 3.34. The number of rotatable bonds is 7. The van der Waals surface area contributed by atoms with Crippen molar-refractivity contribution in [1.29, 1.82) is 0 Å². The Labute approximate surface area is 129 Å². The molecule has 0 aliphatic heterocycles. The SMILES string of the molecule is CCCNc1ncnc(NCC2C(C)(C)C2(C)C)c1CC. The van der Waals surface area contributed by atoms with Crippen LogP contribution in [0.5, 0.6) is 0 Å². The largest absolute Gasteiger partial charge is 0.370 e. The normalized spacial score (nSPS) is 19.3. The summed E-state index contributed by atoms with van der Waals surface area (Å²) >= 11 is 0. The average Bonchev–Trinajstić information content (AvgIpc) is 2.83. The van der Waals surface area contributed by atoms with E-state index in [1.54, 1.807) is 6.33 Å². The van der Waals surface area contributed by atoms with Crippen molar-refractivity contribution in [3.63, 3.8) is 0 Å². The van der Waals surface area contributed by atoms with Crippen LogP contribution in [0, 0.1) is 16.7 Å². The Bertz CT molecular complexity index is 480. The second-order valence-corrected chi connectivity index (χ2v) is 7.21. The predicted octanol–water partition coefficient (Wildman–Crippen LogP) is 3.96. The molecule has 1 saturated carbocycles. The van der Waals surface area contributed by atoms with Gasteiger partial charge in [0.15, 0.2) is 0 Å². The van der Waals surface area contributed by atoms with E-state index in [0.29, 0.717) is 16.7 Å². The summed E-state index contributed by atoms with van der Waals surface area (Å²) in [5.41, 5.74) is 2.01. The molecule has 0 aromatic carbocycles. The molecule has 0 bridgehead atoms. The van der Waals surface area contributed by atoms with Crippen LogP contribution in [0.4, 0.5) is 11.6 Å². The van der Waals surface area contributed by atoms with Crippen molar-refractivity contribution in [2.75, 3.05) is 23.7 Å². The van der Waals surface area contributed by atoms with Crippen molar-refractivity contribution in [1.82, 2.24) is 9.97 Å². The van der Waals surface area contributed by atoms with Gasteiger partial charge in [-0.15, -0.1) is 0 Å². The molecule has 0 atom stereocenters. The third-order valence-electron chi connectivity index (χ3n) is 5.63. The van der Waals surface area contributed by atoms with Gasteiger partial charge in [-0.1, -0.05) is 41.5 Å². The van der Waals surface area contributed by atoms with Gasteiger partial charge in [0.1, 0.15) is 18.0 Å². The highest BCUT2D eigenvalue weighted by molar-refractivity contribution is 5.57. The molecular formula is C17H30N4. The molecule has 4 nitrogen and oxygen atoms in total. The van der Waals surface area contributed by atoms with Gasteiger partial charge in [0.05, 0.1) is 0 Å². The lowest BCUT2D eigenvalue weighted by molar-refractivity contribution is 0.457. The van der Waals surface area contributed by atoms with Crippen LogP contribution in [-0.4, -0.2) is 23.1 Å². The molecule has 21 heavy (non-hydrogen) atoms. The highest BCUT2D eigenvalue weighted by Crippen LogP contribution is 2.68. The van der Waals surface area contributed by atoms with Gasteiger partial charge >= 0.3 is 0 Å². The van der Waals surface area contributed by atoms with Crippen molar-refractivity contribution in [3.8, 4) is 0 Å². The monoisotopic (exact) mass is 290 g/mol. The number of aromatic nitrogens is 2. The van der Waals surface area contributed by atoms with Crippen LogP contribution in [0.15, 0.2) is 6.33 Å². The maximum Gasteiger partial charge on any atom is 0.134 e. The van der Waals surface area contributed by atoms with E-state index in [9.17, 15) is 0 Å². The van der Waals surface area contributed by atoms with Crippen LogP contribution >= 0.6 is 0 Å². The Morgan fingerprint density at radius 3 is 2.05 bits per heavy atom. The molecule has 1 heterocycles. The second-order valence-electron chi connectivity index (χ2n) is 7.21. The van der Waals surface area contributed by atoms with Crippen LogP contribution in [0.25, 0.3) is 0 Å². The van der Waals surface area contributed by atoms with Crippen LogP contribution < -0.4 is 10.6 Å². The molecular weight excluding hydrogens is 260 g/mol. The molecule has 0 radical (unpaired) electrons. The van der Waals surface area contributed by atoms with Crippen LogP contribution in [0.3, 0.4) is 0 Å². The third kappa shape index (κ3) is 2.85. The van der Waals surface area contributed by atoms with Gasteiger partial charge in [0.2, 0.25) is 0 Å². The van der Waals surface area contributed by atoms with Crippen LogP contribution in [0.1, 0.15) is 53.5 Å². The molecule has 1 aliphatic rings. The van der Waals surface area contributed by atoms with Crippen LogP contribution in [0.2, 0.25) is 0 Å². The first-order valence-corrected chi connectivity index (χ1v) is 8.17. The Morgan fingerprint density at radius 2 is 1.57 bits per heavy atom. The Kier molecular flexibility index (Phi) is 4.45. The Morgan fingerprint density at radius 1 is 1.00 bits per heavy atom. The summed E-state index contributed by atoms with van der Waals surface area (Å²) in [5, 5.41) is 6.96. The van der Waals surface area contributed by atoms with Gasteiger partial charge in [-0.3, -0.25) is 0 Å². The van der Waals surface area contributed by atoms with E-state index in [0.717, 1.165) is 37.6 Å². The minimum atomic E-state index is 0.405. The van der Waals surface area contributed by atoms with Gasteiger partial charge in [0, 0.05) is 18.7 Å². The number of nitrogens with zero attached hydrogens (tertiary/aromatic N) is 2. The number of nitrogens with one attached hydrogen (secondary N) is 2. The smallest absolute Gasteiger partial charge is 0.134 e. The highest BCUT2D eigenvalue weighted by atomic mass is 15.1. The lowest BCUT2D eigenvalue weighted by atomic mass is 10.0. The predicted molar refractivity (Wildman–Crippen MR) is 89.7 cm³/mol. The quantitative estimate of drug-likeness (QED) is 0.798. The number of hydrogen-bond donors (Lipinski definition) is 2. The third-order valence-corrected chi connectivity index (χ3v) is 5.63. The summed E-state index contributed by atoms with van der Waals surface area (Å²) in [5.74, 6) is 2.66. The average molecular weight is 290 g/mol. The molecule has 4 heteroatoms. The van der Waals surface area contributed by atoms with Gasteiger partial charge in [-0.2, -0.15) is 0 Å². The van der Waals surface area contributed by atoms with Gasteiger partial charge in [-0.25, -0.2) is 9.97 Å². The van der Waals surface area contributed by atoms with E-state index in [4.69, 9.17) is 0 Å². The fourth-order valence-corrected chi connectivity index (χ4v) is 3.34. The molecule has 1 aromatic heterocycles. The van der Waals surface area contributed by atoms with E-state index >= 15 is 0 Å². The maximum atomic E-state index is 4.45. The maximum absolute atomic E-state index is 4.45. The van der Waals surface area contributed by atoms with Crippen molar-refractivity contribution >= 4 is 11.6 Å². The minimum Gasteiger partial charge on any atom is -0.370 e. The molecule has 0 amide bonds. The second kappa shape index (κ2) is 5.82. The summed E-state index contributed by atoms with van der Waals surface area (Å²) in [4.78, 5) is 8.84. The zero-order chi connectivity index (χ0) is 15.7. The lowest BCUT2D eigenvalue weighted by Crippen LogP contribution is -2.13. The lowest BCUT2D eigenvalue weighted by Gasteiger charge is -2.14. The van der Waals surface area contributed by atoms with E-state index in [1.165, 1.54) is 5.56 Å². The standard InChI is InChI=1S/C17H30N4/c1-7-9-18-14-12(8-2)15(21-11-20-14)19-10-13-16(3,4)17(13,5)6/h11,13H,7-10H2,1-6H3,(H2,18,19,20,21). The minimum absolute atomic E-state index is 0.405.